The molecule has 2 aromatic carbocycles. The number of amides is 2. The highest BCUT2D eigenvalue weighted by molar-refractivity contribution is 6.31. The zero-order valence-corrected chi connectivity index (χ0v) is 19.8. The Balaban J connectivity index is 1.20. The third-order valence-corrected chi connectivity index (χ3v) is 7.93. The van der Waals surface area contributed by atoms with E-state index in [0.717, 1.165) is 53.9 Å². The van der Waals surface area contributed by atoms with Crippen LogP contribution in [-0.2, 0) is 37.1 Å². The van der Waals surface area contributed by atoms with Crippen LogP contribution < -0.4 is 0 Å². The van der Waals surface area contributed by atoms with Crippen LogP contribution in [0.15, 0.2) is 48.8 Å². The molecule has 7 heteroatoms. The Labute approximate surface area is 204 Å². The second kappa shape index (κ2) is 8.58. The van der Waals surface area contributed by atoms with E-state index in [9.17, 15) is 9.59 Å². The number of fused-ring (bicyclic) bond motifs is 3. The monoisotopic (exact) mass is 474 g/mol. The molecule has 6 nitrogen and oxygen atoms in total. The van der Waals surface area contributed by atoms with Gasteiger partial charge in [0.25, 0.3) is 5.91 Å². The number of hydrogen-bond acceptors (Lipinski definition) is 3. The minimum atomic E-state index is -0.168. The fourth-order valence-corrected chi connectivity index (χ4v) is 6.15. The van der Waals surface area contributed by atoms with E-state index >= 15 is 0 Å². The Bertz CT molecular complexity index is 1260. The summed E-state index contributed by atoms with van der Waals surface area (Å²) in [5, 5.41) is 0.693. The Morgan fingerprint density at radius 2 is 1.74 bits per heavy atom. The van der Waals surface area contributed by atoms with Gasteiger partial charge in [-0.3, -0.25) is 9.59 Å². The minimum absolute atomic E-state index is 0.0823. The fourth-order valence-electron chi connectivity index (χ4n) is 5.82. The predicted molar refractivity (Wildman–Crippen MR) is 130 cm³/mol. The molecule has 2 amide bonds. The molecule has 0 saturated carbocycles. The highest BCUT2D eigenvalue weighted by Crippen LogP contribution is 2.39. The van der Waals surface area contributed by atoms with Crippen LogP contribution in [0.25, 0.3) is 0 Å². The molecule has 0 saturated heterocycles. The molecule has 34 heavy (non-hydrogen) atoms. The second-order valence-electron chi connectivity index (χ2n) is 9.44. The maximum atomic E-state index is 13.5. The van der Waals surface area contributed by atoms with Gasteiger partial charge < -0.3 is 14.4 Å². The van der Waals surface area contributed by atoms with Crippen LogP contribution in [0, 0.1) is 0 Å². The Morgan fingerprint density at radius 3 is 2.65 bits per heavy atom. The van der Waals surface area contributed by atoms with Crippen LogP contribution in [0.4, 0.5) is 0 Å². The van der Waals surface area contributed by atoms with E-state index in [1.165, 1.54) is 5.56 Å². The summed E-state index contributed by atoms with van der Waals surface area (Å²) in [6.45, 7) is 3.29. The van der Waals surface area contributed by atoms with E-state index in [2.05, 4.69) is 21.7 Å². The number of hydrogen-bond donors (Lipinski definition) is 0. The third-order valence-electron chi connectivity index (χ3n) is 7.61. The number of aromatic nitrogens is 2. The molecular formula is C27H27ClN4O2. The van der Waals surface area contributed by atoms with Gasteiger partial charge >= 0.3 is 0 Å². The van der Waals surface area contributed by atoms with Gasteiger partial charge in [-0.15, -0.1) is 0 Å². The van der Waals surface area contributed by atoms with Crippen LogP contribution in [-0.4, -0.2) is 50.8 Å². The highest BCUT2D eigenvalue weighted by atomic mass is 35.5. The first-order chi connectivity index (χ1) is 16.6. The summed E-state index contributed by atoms with van der Waals surface area (Å²) in [5.41, 5.74) is 5.13. The van der Waals surface area contributed by atoms with E-state index < -0.39 is 0 Å². The molecule has 3 heterocycles. The molecule has 2 aliphatic heterocycles. The summed E-state index contributed by atoms with van der Waals surface area (Å²) in [6.07, 6.45) is 6.97. The normalized spacial score (nSPS) is 19.3. The Kier molecular flexibility index (Phi) is 5.41. The molecule has 0 N–H and O–H groups in total. The second-order valence-corrected chi connectivity index (χ2v) is 9.84. The van der Waals surface area contributed by atoms with Crippen molar-refractivity contribution in [2.24, 2.45) is 0 Å². The summed E-state index contributed by atoms with van der Waals surface area (Å²) in [7, 11) is 0. The van der Waals surface area contributed by atoms with E-state index in [4.69, 9.17) is 11.6 Å². The Morgan fingerprint density at radius 1 is 0.912 bits per heavy atom. The number of halogens is 1. The molecule has 0 fully saturated rings. The number of carbonyl (C=O) groups excluding carboxylic acids is 2. The summed E-state index contributed by atoms with van der Waals surface area (Å²) in [6, 6.07) is 11.9. The molecule has 0 spiro atoms. The van der Waals surface area contributed by atoms with Crippen molar-refractivity contribution in [2.45, 2.75) is 44.7 Å². The number of rotatable bonds is 2. The lowest BCUT2D eigenvalue weighted by molar-refractivity contribution is -0.133. The first kappa shape index (κ1) is 21.4. The summed E-state index contributed by atoms with van der Waals surface area (Å²) in [5.74, 6) is 1.10. The van der Waals surface area contributed by atoms with E-state index in [1.54, 1.807) is 0 Å². The topological polar surface area (TPSA) is 58.4 Å². The van der Waals surface area contributed by atoms with Gasteiger partial charge in [0.15, 0.2) is 0 Å². The van der Waals surface area contributed by atoms with E-state index in [0.29, 0.717) is 37.6 Å². The average molecular weight is 475 g/mol. The molecule has 1 unspecified atom stereocenters. The molecule has 0 radical (unpaired) electrons. The van der Waals surface area contributed by atoms with Crippen molar-refractivity contribution in [3.05, 3.63) is 87.5 Å². The molecule has 1 aromatic heterocycles. The van der Waals surface area contributed by atoms with Crippen molar-refractivity contribution in [3.8, 4) is 0 Å². The van der Waals surface area contributed by atoms with Gasteiger partial charge in [0.05, 0.1) is 5.92 Å². The molecule has 3 aromatic rings. The number of benzene rings is 2. The number of carbonyl (C=O) groups is 2. The number of imidazole rings is 1. The third kappa shape index (κ3) is 3.61. The molecule has 6 rings (SSSR count). The summed E-state index contributed by atoms with van der Waals surface area (Å²) < 4.78 is 2.13. The maximum Gasteiger partial charge on any atom is 0.254 e. The zero-order chi connectivity index (χ0) is 23.2. The van der Waals surface area contributed by atoms with Crippen LogP contribution >= 0.6 is 11.6 Å². The first-order valence-electron chi connectivity index (χ1n) is 12.1. The van der Waals surface area contributed by atoms with E-state index in [-0.39, 0.29) is 17.7 Å². The average Bonchev–Trinajstić information content (AvgIpc) is 3.45. The van der Waals surface area contributed by atoms with Crippen LogP contribution in [0.1, 0.15) is 50.8 Å². The first-order valence-corrected chi connectivity index (χ1v) is 12.4. The molecule has 1 atom stereocenters. The summed E-state index contributed by atoms with van der Waals surface area (Å²) >= 11 is 6.47. The smallest absolute Gasteiger partial charge is 0.254 e. The van der Waals surface area contributed by atoms with Gasteiger partial charge in [-0.05, 0) is 53.6 Å². The van der Waals surface area contributed by atoms with Gasteiger partial charge in [0.1, 0.15) is 5.82 Å². The predicted octanol–water partition coefficient (Wildman–Crippen LogP) is 3.85. The van der Waals surface area contributed by atoms with Gasteiger partial charge in [-0.2, -0.15) is 0 Å². The van der Waals surface area contributed by atoms with Gasteiger partial charge in [0, 0.05) is 62.1 Å². The lowest BCUT2D eigenvalue weighted by atomic mass is 9.92. The number of nitrogens with zero attached hydrogens (tertiary/aromatic N) is 4. The number of aryl methyl sites for hydroxylation is 1. The molecule has 174 valence electrons. The quantitative estimate of drug-likeness (QED) is 0.567. The molecule has 0 bridgehead atoms. The van der Waals surface area contributed by atoms with Crippen molar-refractivity contribution in [1.29, 1.82) is 0 Å². The van der Waals surface area contributed by atoms with Crippen molar-refractivity contribution in [3.63, 3.8) is 0 Å². The molecular weight excluding hydrogens is 448 g/mol. The lowest BCUT2D eigenvalue weighted by Crippen LogP contribution is -2.40. The van der Waals surface area contributed by atoms with Crippen molar-refractivity contribution >= 4 is 23.4 Å². The highest BCUT2D eigenvalue weighted by Gasteiger charge is 2.35. The maximum absolute atomic E-state index is 13.5. The van der Waals surface area contributed by atoms with Crippen molar-refractivity contribution in [2.75, 3.05) is 19.6 Å². The van der Waals surface area contributed by atoms with E-state index in [1.807, 2.05) is 46.5 Å². The van der Waals surface area contributed by atoms with Crippen molar-refractivity contribution in [1.82, 2.24) is 19.4 Å². The fraction of sp³-hybridized carbons (Fsp3) is 0.370. The van der Waals surface area contributed by atoms with Gasteiger partial charge in [-0.25, -0.2) is 4.98 Å². The summed E-state index contributed by atoms with van der Waals surface area (Å²) in [4.78, 5) is 35.3. The van der Waals surface area contributed by atoms with Gasteiger partial charge in [0.2, 0.25) is 5.91 Å². The van der Waals surface area contributed by atoms with Gasteiger partial charge in [-0.1, -0.05) is 35.9 Å². The largest absolute Gasteiger partial charge is 0.337 e. The van der Waals surface area contributed by atoms with Crippen LogP contribution in [0.2, 0.25) is 5.02 Å². The molecule has 3 aliphatic rings. The Hall–Kier alpha value is -3.12. The zero-order valence-electron chi connectivity index (χ0n) is 19.0. The van der Waals surface area contributed by atoms with Crippen molar-refractivity contribution < 1.29 is 9.59 Å². The SMILES string of the molecule is O=C(c1cccc2c1CCN(C(=O)C1CCc3cccc(Cl)c31)C2)N1CCc2nccn2CC1. The molecule has 1 aliphatic carbocycles. The van der Waals surface area contributed by atoms with Crippen LogP contribution in [0.5, 0.6) is 0 Å². The standard InChI is InChI=1S/C27H27ClN4O2/c28-23-6-2-3-18-7-8-22(25(18)23)27(34)32-12-9-20-19(17-32)4-1-5-21(20)26(33)31-13-10-24-29-11-14-30(24)15-16-31/h1-6,11,14,22H,7-10,12-13,15-17H2. The van der Waals surface area contributed by atoms with Crippen LogP contribution in [0.3, 0.4) is 0 Å². The lowest BCUT2D eigenvalue weighted by Gasteiger charge is -2.33. The minimum Gasteiger partial charge on any atom is -0.337 e.